The topological polar surface area (TPSA) is 102 Å². The SMILES string of the molecule is Cc1cc(C)n(-c2cc(N3CCNC(C(N)=O)C3)nc(Cc3ccc(C)c(F)c3)n2)n1. The average Bonchev–Trinajstić information content (AvgIpc) is 3.08. The molecule has 0 aliphatic carbocycles. The van der Waals surface area contributed by atoms with E-state index in [1.54, 1.807) is 17.7 Å². The number of aryl methyl sites for hydroxylation is 3. The van der Waals surface area contributed by atoms with E-state index in [-0.39, 0.29) is 5.82 Å². The van der Waals surface area contributed by atoms with Crippen LogP contribution in [0.2, 0.25) is 0 Å². The molecular weight excluding hydrogens is 397 g/mol. The van der Waals surface area contributed by atoms with E-state index in [4.69, 9.17) is 15.7 Å². The summed E-state index contributed by atoms with van der Waals surface area (Å²) in [6.07, 6.45) is 0.378. The lowest BCUT2D eigenvalue weighted by atomic mass is 10.1. The normalized spacial score (nSPS) is 16.5. The van der Waals surface area contributed by atoms with E-state index in [0.717, 1.165) is 17.0 Å². The second kappa shape index (κ2) is 8.43. The Bertz CT molecular complexity index is 1130. The van der Waals surface area contributed by atoms with Gasteiger partial charge >= 0.3 is 0 Å². The number of nitrogens with two attached hydrogens (primary N) is 1. The van der Waals surface area contributed by atoms with Gasteiger partial charge in [0.2, 0.25) is 5.91 Å². The van der Waals surface area contributed by atoms with Gasteiger partial charge in [-0.3, -0.25) is 4.79 Å². The van der Waals surface area contributed by atoms with Crippen LogP contribution >= 0.6 is 0 Å². The number of hydrogen-bond acceptors (Lipinski definition) is 6. The first-order chi connectivity index (χ1) is 14.8. The lowest BCUT2D eigenvalue weighted by Crippen LogP contribution is -2.56. The Balaban J connectivity index is 1.74. The van der Waals surface area contributed by atoms with E-state index in [1.165, 1.54) is 6.07 Å². The van der Waals surface area contributed by atoms with Gasteiger partial charge in [0.1, 0.15) is 23.5 Å². The van der Waals surface area contributed by atoms with Gasteiger partial charge in [0.25, 0.3) is 0 Å². The molecule has 1 unspecified atom stereocenters. The molecule has 4 rings (SSSR count). The summed E-state index contributed by atoms with van der Waals surface area (Å²) in [6.45, 7) is 7.33. The molecule has 31 heavy (non-hydrogen) atoms. The number of amides is 1. The van der Waals surface area contributed by atoms with Gasteiger partial charge in [0, 0.05) is 37.8 Å². The van der Waals surface area contributed by atoms with E-state index < -0.39 is 11.9 Å². The summed E-state index contributed by atoms with van der Waals surface area (Å²) < 4.78 is 15.8. The Labute approximate surface area is 180 Å². The number of anilines is 1. The summed E-state index contributed by atoms with van der Waals surface area (Å²) >= 11 is 0. The van der Waals surface area contributed by atoms with Gasteiger partial charge in [0.05, 0.1) is 5.69 Å². The van der Waals surface area contributed by atoms with Crippen molar-refractivity contribution in [1.29, 1.82) is 0 Å². The third-order valence-electron chi connectivity index (χ3n) is 5.41. The smallest absolute Gasteiger partial charge is 0.236 e. The van der Waals surface area contributed by atoms with Gasteiger partial charge in [-0.25, -0.2) is 19.0 Å². The van der Waals surface area contributed by atoms with Crippen molar-refractivity contribution in [1.82, 2.24) is 25.1 Å². The first-order valence-corrected chi connectivity index (χ1v) is 10.2. The number of rotatable bonds is 5. The number of aromatic nitrogens is 4. The fraction of sp³-hybridized carbons (Fsp3) is 0.364. The second-order valence-electron chi connectivity index (χ2n) is 7.95. The number of benzene rings is 1. The molecule has 1 aromatic carbocycles. The number of hydrogen-bond donors (Lipinski definition) is 2. The zero-order valence-electron chi connectivity index (χ0n) is 17.9. The molecule has 1 aliphatic rings. The Morgan fingerprint density at radius 3 is 2.65 bits per heavy atom. The van der Waals surface area contributed by atoms with E-state index in [1.807, 2.05) is 36.9 Å². The first kappa shape index (κ1) is 20.9. The molecule has 1 saturated heterocycles. The number of nitrogens with zero attached hydrogens (tertiary/aromatic N) is 5. The first-order valence-electron chi connectivity index (χ1n) is 10.2. The lowest BCUT2D eigenvalue weighted by Gasteiger charge is -2.33. The molecule has 0 bridgehead atoms. The molecule has 9 heteroatoms. The van der Waals surface area contributed by atoms with Crippen molar-refractivity contribution in [2.45, 2.75) is 33.2 Å². The minimum absolute atomic E-state index is 0.251. The highest BCUT2D eigenvalue weighted by molar-refractivity contribution is 5.81. The third kappa shape index (κ3) is 4.56. The van der Waals surface area contributed by atoms with Gasteiger partial charge in [-0.15, -0.1) is 0 Å². The molecule has 3 heterocycles. The maximum Gasteiger partial charge on any atom is 0.236 e. The van der Waals surface area contributed by atoms with Crippen LogP contribution in [0, 0.1) is 26.6 Å². The summed E-state index contributed by atoms with van der Waals surface area (Å²) in [4.78, 5) is 23.1. The van der Waals surface area contributed by atoms with Crippen molar-refractivity contribution in [3.63, 3.8) is 0 Å². The average molecular weight is 423 g/mol. The summed E-state index contributed by atoms with van der Waals surface area (Å²) in [5.74, 6) is 1.23. The van der Waals surface area contributed by atoms with Gasteiger partial charge < -0.3 is 16.0 Å². The highest BCUT2D eigenvalue weighted by Gasteiger charge is 2.25. The molecule has 3 aromatic rings. The van der Waals surface area contributed by atoms with E-state index >= 15 is 0 Å². The van der Waals surface area contributed by atoms with E-state index in [9.17, 15) is 9.18 Å². The summed E-state index contributed by atoms with van der Waals surface area (Å²) in [5, 5.41) is 7.67. The van der Waals surface area contributed by atoms with Crippen molar-refractivity contribution in [2.75, 3.05) is 24.5 Å². The summed E-state index contributed by atoms with van der Waals surface area (Å²) in [6, 6.07) is 8.54. The van der Waals surface area contributed by atoms with Crippen LogP contribution in [0.3, 0.4) is 0 Å². The highest BCUT2D eigenvalue weighted by Crippen LogP contribution is 2.21. The van der Waals surface area contributed by atoms with Gasteiger partial charge in [-0.2, -0.15) is 5.10 Å². The largest absolute Gasteiger partial charge is 0.368 e. The molecule has 2 aromatic heterocycles. The Hall–Kier alpha value is -3.33. The highest BCUT2D eigenvalue weighted by atomic mass is 19.1. The quantitative estimate of drug-likeness (QED) is 0.646. The maximum absolute atomic E-state index is 14.1. The molecule has 162 valence electrons. The number of carbonyl (C=O) groups excluding carboxylic acids is 1. The number of halogens is 1. The van der Waals surface area contributed by atoms with Crippen molar-refractivity contribution in [3.8, 4) is 5.82 Å². The summed E-state index contributed by atoms with van der Waals surface area (Å²) in [5.41, 5.74) is 8.72. The van der Waals surface area contributed by atoms with Crippen LogP contribution in [-0.4, -0.2) is 51.3 Å². The third-order valence-corrected chi connectivity index (χ3v) is 5.41. The molecule has 8 nitrogen and oxygen atoms in total. The molecule has 1 fully saturated rings. The fourth-order valence-corrected chi connectivity index (χ4v) is 3.76. The van der Waals surface area contributed by atoms with Gasteiger partial charge in [0.15, 0.2) is 5.82 Å². The van der Waals surface area contributed by atoms with Crippen LogP contribution in [0.1, 0.15) is 28.3 Å². The molecule has 1 aliphatic heterocycles. The van der Waals surface area contributed by atoms with Crippen LogP contribution in [0.4, 0.5) is 10.2 Å². The van der Waals surface area contributed by atoms with E-state index in [0.29, 0.717) is 49.1 Å². The van der Waals surface area contributed by atoms with E-state index in [2.05, 4.69) is 10.4 Å². The van der Waals surface area contributed by atoms with Crippen molar-refractivity contribution < 1.29 is 9.18 Å². The molecular formula is C22H26FN7O. The zero-order chi connectivity index (χ0) is 22.1. The second-order valence-corrected chi connectivity index (χ2v) is 7.95. The Kier molecular flexibility index (Phi) is 5.69. The fourth-order valence-electron chi connectivity index (χ4n) is 3.76. The molecule has 1 atom stereocenters. The minimum atomic E-state index is -0.449. The van der Waals surface area contributed by atoms with Gasteiger partial charge in [-0.05, 0) is 44.0 Å². The lowest BCUT2D eigenvalue weighted by molar-refractivity contribution is -0.120. The van der Waals surface area contributed by atoms with Crippen LogP contribution in [-0.2, 0) is 11.2 Å². The number of primary amides is 1. The minimum Gasteiger partial charge on any atom is -0.368 e. The monoisotopic (exact) mass is 423 g/mol. The summed E-state index contributed by atoms with van der Waals surface area (Å²) in [7, 11) is 0. The Morgan fingerprint density at radius 1 is 1.19 bits per heavy atom. The van der Waals surface area contributed by atoms with Gasteiger partial charge in [-0.1, -0.05) is 12.1 Å². The Morgan fingerprint density at radius 2 is 1.97 bits per heavy atom. The molecule has 0 radical (unpaired) electrons. The van der Waals surface area contributed by atoms with Crippen LogP contribution in [0.15, 0.2) is 30.3 Å². The van der Waals surface area contributed by atoms with Crippen LogP contribution in [0.5, 0.6) is 0 Å². The number of carbonyl (C=O) groups is 1. The van der Waals surface area contributed by atoms with Crippen LogP contribution in [0.25, 0.3) is 5.82 Å². The molecule has 3 N–H and O–H groups in total. The zero-order valence-corrected chi connectivity index (χ0v) is 17.9. The molecule has 1 amide bonds. The van der Waals surface area contributed by atoms with Crippen molar-refractivity contribution in [2.24, 2.45) is 5.73 Å². The molecule has 0 spiro atoms. The maximum atomic E-state index is 14.1. The standard InChI is InChI=1S/C22H26FN7O/c1-13-4-5-16(9-17(13)23)10-19-26-20(29-7-6-25-18(12-29)22(24)31)11-21(27-19)30-15(3)8-14(2)28-30/h4-5,8-9,11,18,25H,6-7,10,12H2,1-3H3,(H2,24,31). The predicted octanol–water partition coefficient (Wildman–Crippen LogP) is 1.58. The number of nitrogens with one attached hydrogen (secondary N) is 1. The predicted molar refractivity (Wildman–Crippen MR) is 116 cm³/mol. The molecule has 0 saturated carbocycles. The van der Waals surface area contributed by atoms with Crippen molar-refractivity contribution >= 4 is 11.7 Å². The van der Waals surface area contributed by atoms with Crippen molar-refractivity contribution in [3.05, 3.63) is 64.5 Å². The number of piperazine rings is 1. The van der Waals surface area contributed by atoms with Crippen LogP contribution < -0.4 is 16.0 Å².